The molecular weight excluding hydrogens is 274 g/mol. The lowest BCUT2D eigenvalue weighted by Crippen LogP contribution is -2.42. The number of benzene rings is 1. The molecule has 0 saturated carbocycles. The maximum atomic E-state index is 12.4. The van der Waals surface area contributed by atoms with Crippen LogP contribution in [0, 0.1) is 19.8 Å². The Bertz CT molecular complexity index is 564. The Balaban J connectivity index is 2.10. The van der Waals surface area contributed by atoms with Crippen LogP contribution in [0.25, 0.3) is 0 Å². The smallest absolute Gasteiger partial charge is 0.301 e. The first-order chi connectivity index (χ1) is 9.42. The van der Waals surface area contributed by atoms with Crippen LogP contribution in [0.5, 0.6) is 0 Å². The van der Waals surface area contributed by atoms with Gasteiger partial charge in [-0.2, -0.15) is 12.7 Å². The van der Waals surface area contributed by atoms with Crippen molar-refractivity contribution in [2.45, 2.75) is 26.7 Å². The molecule has 1 aliphatic heterocycles. The second-order valence-corrected chi connectivity index (χ2v) is 7.17. The number of hydrogen-bond donors (Lipinski definition) is 2. The number of anilines is 1. The summed E-state index contributed by atoms with van der Waals surface area (Å²) in [6.45, 7) is 5.57. The molecule has 6 heteroatoms. The first-order valence-electron chi connectivity index (χ1n) is 6.97. The van der Waals surface area contributed by atoms with Crippen LogP contribution in [0.1, 0.15) is 24.0 Å². The van der Waals surface area contributed by atoms with Crippen LogP contribution < -0.4 is 10.5 Å². The number of hydrogen-bond acceptors (Lipinski definition) is 3. The van der Waals surface area contributed by atoms with E-state index in [1.54, 1.807) is 0 Å². The van der Waals surface area contributed by atoms with E-state index in [9.17, 15) is 8.42 Å². The van der Waals surface area contributed by atoms with Gasteiger partial charge in [0, 0.05) is 13.1 Å². The third-order valence-electron chi connectivity index (χ3n) is 3.88. The number of nitrogens with one attached hydrogen (secondary N) is 1. The van der Waals surface area contributed by atoms with Gasteiger partial charge in [-0.25, -0.2) is 0 Å². The van der Waals surface area contributed by atoms with Crippen molar-refractivity contribution in [2.24, 2.45) is 11.7 Å². The van der Waals surface area contributed by atoms with Gasteiger partial charge in [0.1, 0.15) is 0 Å². The van der Waals surface area contributed by atoms with Gasteiger partial charge in [0.2, 0.25) is 0 Å². The van der Waals surface area contributed by atoms with Gasteiger partial charge in [0.25, 0.3) is 0 Å². The average molecular weight is 297 g/mol. The maximum absolute atomic E-state index is 12.4. The largest absolute Gasteiger partial charge is 0.330 e. The summed E-state index contributed by atoms with van der Waals surface area (Å²) in [5.74, 6) is 0.446. The molecule has 0 bridgehead atoms. The van der Waals surface area contributed by atoms with Crippen molar-refractivity contribution in [3.8, 4) is 0 Å². The molecule has 0 amide bonds. The summed E-state index contributed by atoms with van der Waals surface area (Å²) in [4.78, 5) is 0. The SMILES string of the molecule is Cc1ccc(C)c(NS(=O)(=O)N2CCC(CN)CC2)c1. The monoisotopic (exact) mass is 297 g/mol. The highest BCUT2D eigenvalue weighted by molar-refractivity contribution is 7.90. The van der Waals surface area contributed by atoms with E-state index in [2.05, 4.69) is 4.72 Å². The van der Waals surface area contributed by atoms with Crippen LogP contribution in [0.2, 0.25) is 0 Å². The highest BCUT2D eigenvalue weighted by atomic mass is 32.2. The number of nitrogens with zero attached hydrogens (tertiary/aromatic N) is 1. The van der Waals surface area contributed by atoms with Gasteiger partial charge in [0.05, 0.1) is 5.69 Å². The quantitative estimate of drug-likeness (QED) is 0.887. The van der Waals surface area contributed by atoms with E-state index in [4.69, 9.17) is 5.73 Å². The van der Waals surface area contributed by atoms with E-state index in [0.29, 0.717) is 31.2 Å². The summed E-state index contributed by atoms with van der Waals surface area (Å²) in [6.07, 6.45) is 1.68. The van der Waals surface area contributed by atoms with Crippen LogP contribution in [-0.4, -0.2) is 32.4 Å². The zero-order chi connectivity index (χ0) is 14.8. The fourth-order valence-electron chi connectivity index (χ4n) is 2.43. The van der Waals surface area contributed by atoms with Gasteiger partial charge in [0.15, 0.2) is 0 Å². The van der Waals surface area contributed by atoms with Crippen molar-refractivity contribution >= 4 is 15.9 Å². The maximum Gasteiger partial charge on any atom is 0.301 e. The highest BCUT2D eigenvalue weighted by Gasteiger charge is 2.27. The highest BCUT2D eigenvalue weighted by Crippen LogP contribution is 2.22. The Morgan fingerprint density at radius 1 is 1.30 bits per heavy atom. The predicted octanol–water partition coefficient (Wildman–Crippen LogP) is 1.63. The van der Waals surface area contributed by atoms with Crippen LogP contribution >= 0.6 is 0 Å². The molecule has 0 atom stereocenters. The normalized spacial score (nSPS) is 18.1. The standard InChI is InChI=1S/C14H23N3O2S/c1-11-3-4-12(2)14(9-11)16-20(18,19)17-7-5-13(10-15)6-8-17/h3-4,9,13,16H,5-8,10,15H2,1-2H3. The van der Waals surface area contributed by atoms with Crippen molar-refractivity contribution in [3.63, 3.8) is 0 Å². The van der Waals surface area contributed by atoms with Gasteiger partial charge >= 0.3 is 10.2 Å². The molecule has 0 spiro atoms. The Morgan fingerprint density at radius 3 is 2.55 bits per heavy atom. The topological polar surface area (TPSA) is 75.4 Å². The van der Waals surface area contributed by atoms with E-state index in [-0.39, 0.29) is 0 Å². The number of rotatable bonds is 4. The fraction of sp³-hybridized carbons (Fsp3) is 0.571. The Kier molecular flexibility index (Phi) is 4.67. The zero-order valence-corrected chi connectivity index (χ0v) is 12.9. The summed E-state index contributed by atoms with van der Waals surface area (Å²) >= 11 is 0. The number of piperidine rings is 1. The van der Waals surface area contributed by atoms with Gasteiger partial charge in [-0.1, -0.05) is 12.1 Å². The van der Waals surface area contributed by atoms with Gasteiger partial charge in [-0.3, -0.25) is 4.72 Å². The molecule has 5 nitrogen and oxygen atoms in total. The van der Waals surface area contributed by atoms with E-state index >= 15 is 0 Å². The summed E-state index contributed by atoms with van der Waals surface area (Å²) in [5, 5.41) is 0. The zero-order valence-electron chi connectivity index (χ0n) is 12.1. The molecule has 1 saturated heterocycles. The first-order valence-corrected chi connectivity index (χ1v) is 8.41. The lowest BCUT2D eigenvalue weighted by molar-refractivity contribution is 0.280. The molecule has 0 aliphatic carbocycles. The van der Waals surface area contributed by atoms with Crippen molar-refractivity contribution in [1.29, 1.82) is 0 Å². The average Bonchev–Trinajstić information content (AvgIpc) is 2.43. The van der Waals surface area contributed by atoms with Gasteiger partial charge in [-0.05, 0) is 56.3 Å². The molecule has 1 heterocycles. The molecule has 2 rings (SSSR count). The molecule has 3 N–H and O–H groups in total. The molecule has 1 aromatic rings. The van der Waals surface area contributed by atoms with Crippen molar-refractivity contribution in [1.82, 2.24) is 4.31 Å². The van der Waals surface area contributed by atoms with Crippen LogP contribution in [-0.2, 0) is 10.2 Å². The second-order valence-electron chi connectivity index (χ2n) is 5.50. The third-order valence-corrected chi connectivity index (χ3v) is 5.40. The van der Waals surface area contributed by atoms with Crippen molar-refractivity contribution < 1.29 is 8.42 Å². The molecule has 1 fully saturated rings. The van der Waals surface area contributed by atoms with Crippen LogP contribution in [0.4, 0.5) is 5.69 Å². The molecule has 1 aliphatic rings. The minimum atomic E-state index is -3.46. The van der Waals surface area contributed by atoms with E-state index in [0.717, 1.165) is 24.0 Å². The molecule has 112 valence electrons. The summed E-state index contributed by atoms with van der Waals surface area (Å²) in [5.41, 5.74) is 8.26. The lowest BCUT2D eigenvalue weighted by atomic mass is 9.99. The van der Waals surface area contributed by atoms with Crippen LogP contribution in [0.15, 0.2) is 18.2 Å². The summed E-state index contributed by atoms with van der Waals surface area (Å²) < 4.78 is 29.0. The molecule has 20 heavy (non-hydrogen) atoms. The second kappa shape index (κ2) is 6.11. The molecule has 0 unspecified atom stereocenters. The molecular formula is C14H23N3O2S. The Hall–Kier alpha value is -1.11. The van der Waals surface area contributed by atoms with Gasteiger partial charge < -0.3 is 5.73 Å². The summed E-state index contributed by atoms with van der Waals surface area (Å²) in [7, 11) is -3.46. The van der Waals surface area contributed by atoms with E-state index in [1.807, 2.05) is 32.0 Å². The van der Waals surface area contributed by atoms with Crippen molar-refractivity contribution in [2.75, 3.05) is 24.4 Å². The van der Waals surface area contributed by atoms with E-state index in [1.165, 1.54) is 4.31 Å². The molecule has 0 radical (unpaired) electrons. The Labute approximate surface area is 121 Å². The van der Waals surface area contributed by atoms with E-state index < -0.39 is 10.2 Å². The molecule has 0 aromatic heterocycles. The number of nitrogens with two attached hydrogens (primary N) is 1. The predicted molar refractivity (Wildman–Crippen MR) is 81.8 cm³/mol. The van der Waals surface area contributed by atoms with Gasteiger partial charge in [-0.15, -0.1) is 0 Å². The third kappa shape index (κ3) is 3.50. The summed E-state index contributed by atoms with van der Waals surface area (Å²) in [6, 6.07) is 5.76. The van der Waals surface area contributed by atoms with Crippen molar-refractivity contribution in [3.05, 3.63) is 29.3 Å². The minimum absolute atomic E-state index is 0.446. The molecule has 1 aromatic carbocycles. The van der Waals surface area contributed by atoms with Crippen LogP contribution in [0.3, 0.4) is 0 Å². The first kappa shape index (κ1) is 15.3. The lowest BCUT2D eigenvalue weighted by Gasteiger charge is -2.30. The fourth-order valence-corrected chi connectivity index (χ4v) is 3.75. The number of aryl methyl sites for hydroxylation is 2. The minimum Gasteiger partial charge on any atom is -0.330 e. The Morgan fingerprint density at radius 2 is 1.95 bits per heavy atom.